The van der Waals surface area contributed by atoms with Crippen molar-refractivity contribution in [3.63, 3.8) is 0 Å². The number of nitrogens with zero attached hydrogens (tertiary/aromatic N) is 3. The summed E-state index contributed by atoms with van der Waals surface area (Å²) in [6, 6.07) is 6.20. The van der Waals surface area contributed by atoms with Gasteiger partial charge in [-0.15, -0.1) is 0 Å². The molecular formula is C14H21N5. The molecule has 0 aliphatic rings. The molecule has 0 fully saturated rings. The van der Waals surface area contributed by atoms with Crippen LogP contribution in [0.5, 0.6) is 0 Å². The van der Waals surface area contributed by atoms with Crippen LogP contribution >= 0.6 is 0 Å². The fourth-order valence-electron chi connectivity index (χ4n) is 2.21. The van der Waals surface area contributed by atoms with E-state index in [0.717, 1.165) is 31.5 Å². The Bertz CT molecular complexity index is 480. The largest absolute Gasteiger partial charge is 0.271 e. The average Bonchev–Trinajstić information content (AvgIpc) is 2.90. The van der Waals surface area contributed by atoms with Gasteiger partial charge in [0, 0.05) is 25.1 Å². The molecule has 0 radical (unpaired) electrons. The van der Waals surface area contributed by atoms with Crippen molar-refractivity contribution in [2.75, 3.05) is 0 Å². The molecule has 0 spiro atoms. The quantitative estimate of drug-likeness (QED) is 0.588. The van der Waals surface area contributed by atoms with Crippen LogP contribution in [0.3, 0.4) is 0 Å². The Hall–Kier alpha value is -1.72. The third-order valence-electron chi connectivity index (χ3n) is 3.19. The summed E-state index contributed by atoms with van der Waals surface area (Å²) < 4.78 is 2.02. The fraction of sp³-hybridized carbons (Fsp3) is 0.429. The topological polar surface area (TPSA) is 68.8 Å². The van der Waals surface area contributed by atoms with Crippen LogP contribution in [0.15, 0.2) is 36.8 Å². The minimum Gasteiger partial charge on any atom is -0.271 e. The van der Waals surface area contributed by atoms with Crippen LogP contribution in [-0.2, 0) is 13.0 Å². The number of hydrazine groups is 1. The maximum Gasteiger partial charge on any atom is 0.0632 e. The highest BCUT2D eigenvalue weighted by molar-refractivity contribution is 5.11. The number of aromatic nitrogens is 3. The molecule has 0 bridgehead atoms. The Balaban J connectivity index is 2.01. The minimum absolute atomic E-state index is 0.120. The average molecular weight is 259 g/mol. The van der Waals surface area contributed by atoms with Crippen molar-refractivity contribution in [1.29, 1.82) is 0 Å². The molecule has 0 aliphatic heterocycles. The molecule has 1 unspecified atom stereocenters. The highest BCUT2D eigenvalue weighted by Crippen LogP contribution is 2.18. The highest BCUT2D eigenvalue weighted by Gasteiger charge is 2.14. The number of rotatable bonds is 7. The van der Waals surface area contributed by atoms with Gasteiger partial charge in [-0.2, -0.15) is 5.10 Å². The smallest absolute Gasteiger partial charge is 0.0632 e. The van der Waals surface area contributed by atoms with E-state index in [4.69, 9.17) is 5.84 Å². The van der Waals surface area contributed by atoms with E-state index >= 15 is 0 Å². The summed E-state index contributed by atoms with van der Waals surface area (Å²) in [6.45, 7) is 3.07. The Morgan fingerprint density at radius 1 is 1.37 bits per heavy atom. The molecule has 2 aromatic rings. The Labute approximate surface area is 113 Å². The summed E-state index contributed by atoms with van der Waals surface area (Å²) in [6.07, 6.45) is 8.46. The van der Waals surface area contributed by atoms with E-state index in [1.54, 1.807) is 6.20 Å². The van der Waals surface area contributed by atoms with Crippen LogP contribution in [0.4, 0.5) is 0 Å². The maximum atomic E-state index is 5.69. The maximum absolute atomic E-state index is 5.69. The first kappa shape index (κ1) is 13.7. The van der Waals surface area contributed by atoms with Gasteiger partial charge in [-0.05, 0) is 37.0 Å². The van der Waals surface area contributed by atoms with Gasteiger partial charge in [0.05, 0.1) is 11.7 Å². The van der Waals surface area contributed by atoms with E-state index in [0.29, 0.717) is 0 Å². The van der Waals surface area contributed by atoms with Gasteiger partial charge >= 0.3 is 0 Å². The monoisotopic (exact) mass is 259 g/mol. The summed E-state index contributed by atoms with van der Waals surface area (Å²) in [5, 5.41) is 4.34. The van der Waals surface area contributed by atoms with E-state index in [2.05, 4.69) is 28.5 Å². The lowest BCUT2D eigenvalue weighted by Gasteiger charge is -2.17. The highest BCUT2D eigenvalue weighted by atomic mass is 15.3. The van der Waals surface area contributed by atoms with E-state index < -0.39 is 0 Å². The van der Waals surface area contributed by atoms with Crippen LogP contribution in [0.2, 0.25) is 0 Å². The van der Waals surface area contributed by atoms with E-state index in [1.807, 2.05) is 29.2 Å². The normalized spacial score (nSPS) is 12.5. The lowest BCUT2D eigenvalue weighted by Crippen LogP contribution is -2.30. The van der Waals surface area contributed by atoms with Crippen molar-refractivity contribution >= 4 is 0 Å². The molecule has 3 N–H and O–H groups in total. The van der Waals surface area contributed by atoms with Crippen molar-refractivity contribution < 1.29 is 0 Å². The van der Waals surface area contributed by atoms with E-state index in [1.165, 1.54) is 5.56 Å². The first-order valence-electron chi connectivity index (χ1n) is 6.72. The van der Waals surface area contributed by atoms with Gasteiger partial charge in [-0.3, -0.25) is 20.9 Å². The van der Waals surface area contributed by atoms with Gasteiger partial charge in [0.15, 0.2) is 0 Å². The number of nitrogens with two attached hydrogens (primary N) is 1. The third kappa shape index (κ3) is 3.62. The first-order valence-corrected chi connectivity index (χ1v) is 6.72. The zero-order valence-corrected chi connectivity index (χ0v) is 11.3. The number of pyridine rings is 1. The van der Waals surface area contributed by atoms with Crippen LogP contribution < -0.4 is 11.3 Å². The molecule has 2 heterocycles. The summed E-state index contributed by atoms with van der Waals surface area (Å²) in [5.41, 5.74) is 5.27. The molecule has 102 valence electrons. The second-order valence-electron chi connectivity index (χ2n) is 4.60. The molecular weight excluding hydrogens is 238 g/mol. The van der Waals surface area contributed by atoms with Gasteiger partial charge in [0.25, 0.3) is 0 Å². The standard InChI is InChI=1S/C14H21N5/c1-2-10-19-14(7-9-17-19)13(18-15)6-5-12-4-3-8-16-11-12/h3-4,7-9,11,13,18H,2,5-6,10,15H2,1H3. The molecule has 0 saturated heterocycles. The van der Waals surface area contributed by atoms with Crippen LogP contribution in [0, 0.1) is 0 Å². The molecule has 2 rings (SSSR count). The minimum atomic E-state index is 0.120. The third-order valence-corrected chi connectivity index (χ3v) is 3.19. The van der Waals surface area contributed by atoms with Crippen molar-refractivity contribution in [3.05, 3.63) is 48.0 Å². The predicted molar refractivity (Wildman–Crippen MR) is 75.1 cm³/mol. The van der Waals surface area contributed by atoms with E-state index in [-0.39, 0.29) is 6.04 Å². The van der Waals surface area contributed by atoms with Crippen molar-refractivity contribution in [3.8, 4) is 0 Å². The Morgan fingerprint density at radius 3 is 2.95 bits per heavy atom. The second-order valence-corrected chi connectivity index (χ2v) is 4.60. The second kappa shape index (κ2) is 7.01. The zero-order chi connectivity index (χ0) is 13.5. The molecule has 2 aromatic heterocycles. The predicted octanol–water partition coefficient (Wildman–Crippen LogP) is 1.83. The van der Waals surface area contributed by atoms with Crippen LogP contribution in [0.25, 0.3) is 0 Å². The van der Waals surface area contributed by atoms with Crippen molar-refractivity contribution in [2.45, 2.75) is 38.8 Å². The Kier molecular flexibility index (Phi) is 5.06. The first-order chi connectivity index (χ1) is 9.35. The lowest BCUT2D eigenvalue weighted by molar-refractivity contribution is 0.457. The van der Waals surface area contributed by atoms with Gasteiger partial charge in [-0.1, -0.05) is 13.0 Å². The SMILES string of the molecule is CCCn1nccc1C(CCc1cccnc1)NN. The van der Waals surface area contributed by atoms with Crippen molar-refractivity contribution in [2.24, 2.45) is 5.84 Å². The molecule has 5 nitrogen and oxygen atoms in total. The molecule has 0 aliphatic carbocycles. The number of hydrogen-bond donors (Lipinski definition) is 2. The molecule has 0 saturated carbocycles. The van der Waals surface area contributed by atoms with Gasteiger partial charge in [0.1, 0.15) is 0 Å². The van der Waals surface area contributed by atoms with Crippen LogP contribution in [-0.4, -0.2) is 14.8 Å². The molecule has 5 heteroatoms. The van der Waals surface area contributed by atoms with Gasteiger partial charge in [-0.25, -0.2) is 0 Å². The molecule has 0 aromatic carbocycles. The number of aryl methyl sites for hydroxylation is 2. The fourth-order valence-corrected chi connectivity index (χ4v) is 2.21. The molecule has 19 heavy (non-hydrogen) atoms. The summed E-state index contributed by atoms with van der Waals surface area (Å²) in [4.78, 5) is 4.13. The summed E-state index contributed by atoms with van der Waals surface area (Å²) in [7, 11) is 0. The summed E-state index contributed by atoms with van der Waals surface area (Å²) in [5.74, 6) is 5.69. The van der Waals surface area contributed by atoms with E-state index in [9.17, 15) is 0 Å². The van der Waals surface area contributed by atoms with Crippen LogP contribution in [0.1, 0.15) is 37.1 Å². The molecule has 1 atom stereocenters. The summed E-state index contributed by atoms with van der Waals surface area (Å²) >= 11 is 0. The number of nitrogens with one attached hydrogen (secondary N) is 1. The zero-order valence-electron chi connectivity index (χ0n) is 11.3. The van der Waals surface area contributed by atoms with Gasteiger partial charge < -0.3 is 0 Å². The Morgan fingerprint density at radius 2 is 2.26 bits per heavy atom. The number of hydrogen-bond acceptors (Lipinski definition) is 4. The van der Waals surface area contributed by atoms with Gasteiger partial charge in [0.2, 0.25) is 0 Å². The molecule has 0 amide bonds. The van der Waals surface area contributed by atoms with Crippen molar-refractivity contribution in [1.82, 2.24) is 20.2 Å². The lowest BCUT2D eigenvalue weighted by atomic mass is 10.0.